The number of aromatic nitrogens is 3. The fourth-order valence-corrected chi connectivity index (χ4v) is 1.42. The molecule has 0 aromatic carbocycles. The van der Waals surface area contributed by atoms with Crippen LogP contribution in [0.4, 0.5) is 0 Å². The highest BCUT2D eigenvalue weighted by Crippen LogP contribution is 1.96. The van der Waals surface area contributed by atoms with Crippen LogP contribution in [-0.4, -0.2) is 23.4 Å². The molecule has 0 saturated heterocycles. The molecule has 2 heterocycles. The van der Waals surface area contributed by atoms with E-state index in [0.717, 1.165) is 6.33 Å². The molecule has 80 valence electrons. The molecule has 0 fully saturated rings. The van der Waals surface area contributed by atoms with Crippen LogP contribution in [0, 0.1) is 0 Å². The number of sulfonamides is 1. The average molecular weight is 244 g/mol. The lowest BCUT2D eigenvalue weighted by Crippen LogP contribution is -2.13. The monoisotopic (exact) mass is 244 g/mol. The molecule has 0 aliphatic carbocycles. The van der Waals surface area contributed by atoms with Gasteiger partial charge < -0.3 is 0 Å². The Balaban J connectivity index is 0.000000187. The Bertz CT molecular complexity index is 452. The third-order valence-electron chi connectivity index (χ3n) is 1.19. The molecule has 8 heteroatoms. The van der Waals surface area contributed by atoms with Gasteiger partial charge in [-0.15, -0.1) is 11.3 Å². The van der Waals surface area contributed by atoms with Crippen LogP contribution < -0.4 is 5.14 Å². The van der Waals surface area contributed by atoms with E-state index in [2.05, 4.69) is 15.0 Å². The first-order valence-corrected chi connectivity index (χ1v) is 6.20. The minimum atomic E-state index is -3.65. The predicted octanol–water partition coefficient (Wildman–Crippen LogP) is 0.267. The number of rotatable bonds is 1. The van der Waals surface area contributed by atoms with Gasteiger partial charge in [-0.05, 0) is 6.07 Å². The van der Waals surface area contributed by atoms with E-state index in [1.165, 1.54) is 12.3 Å². The Labute approximate surface area is 90.9 Å². The first kappa shape index (κ1) is 11.7. The Morgan fingerprint density at radius 1 is 1.27 bits per heavy atom. The lowest BCUT2D eigenvalue weighted by atomic mass is 10.7. The second kappa shape index (κ2) is 5.49. The van der Waals surface area contributed by atoms with Gasteiger partial charge in [0.2, 0.25) is 0 Å². The number of hydrogen-bond acceptors (Lipinski definition) is 6. The van der Waals surface area contributed by atoms with Gasteiger partial charge >= 0.3 is 0 Å². The van der Waals surface area contributed by atoms with E-state index in [-0.39, 0.29) is 5.03 Å². The lowest BCUT2D eigenvalue weighted by Gasteiger charge is -1.91. The molecule has 2 aromatic heterocycles. The summed E-state index contributed by atoms with van der Waals surface area (Å²) in [6.45, 7) is 0. The van der Waals surface area contributed by atoms with E-state index in [1.807, 2.05) is 5.38 Å². The van der Waals surface area contributed by atoms with Crippen LogP contribution in [-0.2, 0) is 10.0 Å². The van der Waals surface area contributed by atoms with Crippen molar-refractivity contribution in [1.29, 1.82) is 0 Å². The van der Waals surface area contributed by atoms with E-state index in [0.29, 0.717) is 0 Å². The van der Waals surface area contributed by atoms with E-state index in [9.17, 15) is 8.42 Å². The molecule has 2 N–H and O–H groups in total. The minimum absolute atomic E-state index is 0.164. The maximum absolute atomic E-state index is 10.5. The lowest BCUT2D eigenvalue weighted by molar-refractivity contribution is 0.593. The third kappa shape index (κ3) is 4.58. The average Bonchev–Trinajstić information content (AvgIpc) is 2.76. The van der Waals surface area contributed by atoms with Gasteiger partial charge in [-0.2, -0.15) is 0 Å². The highest BCUT2D eigenvalue weighted by atomic mass is 32.2. The second-order valence-corrected chi connectivity index (χ2v) is 4.53. The highest BCUT2D eigenvalue weighted by molar-refractivity contribution is 7.89. The molecule has 2 aromatic rings. The van der Waals surface area contributed by atoms with Crippen LogP contribution in [0.2, 0.25) is 0 Å². The molecule has 15 heavy (non-hydrogen) atoms. The number of primary sulfonamides is 1. The Kier molecular flexibility index (Phi) is 4.28. The fourth-order valence-electron chi connectivity index (χ4n) is 0.623. The van der Waals surface area contributed by atoms with Crippen molar-refractivity contribution in [1.82, 2.24) is 15.0 Å². The standard InChI is InChI=1S/C4H5N3O2S.C3H3NS/c5-10(8,9)4-1-2-6-3-7-4;1-2-5-3-4-1/h1-3H,(H2,5,8,9);1-3H. The van der Waals surface area contributed by atoms with Crippen molar-refractivity contribution >= 4 is 21.4 Å². The Morgan fingerprint density at radius 3 is 2.33 bits per heavy atom. The number of nitrogens with zero attached hydrogens (tertiary/aromatic N) is 3. The summed E-state index contributed by atoms with van der Waals surface area (Å²) in [5.41, 5.74) is 1.79. The van der Waals surface area contributed by atoms with Gasteiger partial charge in [0.05, 0.1) is 5.51 Å². The van der Waals surface area contributed by atoms with Crippen molar-refractivity contribution < 1.29 is 8.42 Å². The summed E-state index contributed by atoms with van der Waals surface area (Å²) in [6, 6.07) is 1.23. The normalized spacial score (nSPS) is 10.2. The maximum atomic E-state index is 10.5. The van der Waals surface area contributed by atoms with Gasteiger partial charge in [0.25, 0.3) is 10.0 Å². The van der Waals surface area contributed by atoms with Gasteiger partial charge in [-0.3, -0.25) is 4.98 Å². The van der Waals surface area contributed by atoms with Crippen LogP contribution in [0.5, 0.6) is 0 Å². The number of hydrogen-bond donors (Lipinski definition) is 1. The van der Waals surface area contributed by atoms with E-state index in [1.54, 1.807) is 23.0 Å². The molecule has 0 saturated carbocycles. The highest BCUT2D eigenvalue weighted by Gasteiger charge is 2.06. The topological polar surface area (TPSA) is 98.8 Å². The summed E-state index contributed by atoms with van der Waals surface area (Å²) in [5, 5.41) is 6.50. The zero-order valence-corrected chi connectivity index (χ0v) is 9.15. The molecule has 0 amide bonds. The van der Waals surface area contributed by atoms with E-state index >= 15 is 0 Å². The van der Waals surface area contributed by atoms with Crippen molar-refractivity contribution in [2.75, 3.05) is 0 Å². The van der Waals surface area contributed by atoms with Gasteiger partial charge in [-0.25, -0.2) is 23.5 Å². The summed E-state index contributed by atoms with van der Waals surface area (Å²) < 4.78 is 21.0. The zero-order chi connectivity index (χ0) is 11.1. The van der Waals surface area contributed by atoms with Crippen molar-refractivity contribution in [3.8, 4) is 0 Å². The molecular formula is C7H8N4O2S2. The van der Waals surface area contributed by atoms with Crippen LogP contribution in [0.1, 0.15) is 0 Å². The molecule has 0 unspecified atom stereocenters. The van der Waals surface area contributed by atoms with Crippen LogP contribution >= 0.6 is 11.3 Å². The third-order valence-corrected chi connectivity index (χ3v) is 2.54. The van der Waals surface area contributed by atoms with Gasteiger partial charge in [0, 0.05) is 17.8 Å². The molecule has 2 rings (SSSR count). The SMILES string of the molecule is NS(=O)(=O)c1ccncn1.c1cscn1. The summed E-state index contributed by atoms with van der Waals surface area (Å²) in [4.78, 5) is 10.7. The largest absolute Gasteiger partial charge is 0.255 e. The minimum Gasteiger partial charge on any atom is -0.253 e. The molecule has 0 aliphatic heterocycles. The molecule has 0 radical (unpaired) electrons. The smallest absolute Gasteiger partial charge is 0.253 e. The van der Waals surface area contributed by atoms with Crippen LogP contribution in [0.25, 0.3) is 0 Å². The number of thiazole rings is 1. The van der Waals surface area contributed by atoms with Gasteiger partial charge in [-0.1, -0.05) is 0 Å². The zero-order valence-electron chi connectivity index (χ0n) is 7.52. The van der Waals surface area contributed by atoms with E-state index < -0.39 is 10.0 Å². The predicted molar refractivity (Wildman–Crippen MR) is 55.5 cm³/mol. The second-order valence-electron chi connectivity index (χ2n) is 2.27. The van der Waals surface area contributed by atoms with Crippen molar-refractivity contribution in [3.05, 3.63) is 35.7 Å². The summed E-state index contributed by atoms with van der Waals surface area (Å²) in [5.74, 6) is 0. The van der Waals surface area contributed by atoms with Crippen molar-refractivity contribution in [2.24, 2.45) is 5.14 Å². The molecule has 0 bridgehead atoms. The summed E-state index contributed by atoms with van der Waals surface area (Å²) in [7, 11) is -3.65. The van der Waals surface area contributed by atoms with Crippen molar-refractivity contribution in [2.45, 2.75) is 5.03 Å². The van der Waals surface area contributed by atoms with E-state index in [4.69, 9.17) is 5.14 Å². The summed E-state index contributed by atoms with van der Waals surface area (Å²) in [6.07, 6.45) is 4.21. The summed E-state index contributed by atoms with van der Waals surface area (Å²) >= 11 is 1.60. The first-order valence-electron chi connectivity index (χ1n) is 3.71. The molecular weight excluding hydrogens is 236 g/mol. The Morgan fingerprint density at radius 2 is 2.07 bits per heavy atom. The number of nitrogens with two attached hydrogens (primary N) is 1. The Hall–Kier alpha value is -1.38. The van der Waals surface area contributed by atoms with Crippen LogP contribution in [0.15, 0.2) is 40.7 Å². The van der Waals surface area contributed by atoms with Crippen LogP contribution in [0.3, 0.4) is 0 Å². The fraction of sp³-hybridized carbons (Fsp3) is 0. The molecule has 0 atom stereocenters. The quantitative estimate of drug-likeness (QED) is 0.726. The first-order chi connectivity index (χ1) is 7.11. The molecule has 0 spiro atoms. The maximum Gasteiger partial charge on any atom is 0.255 e. The van der Waals surface area contributed by atoms with Gasteiger partial charge in [0.1, 0.15) is 6.33 Å². The molecule has 6 nitrogen and oxygen atoms in total. The van der Waals surface area contributed by atoms with Crippen molar-refractivity contribution in [3.63, 3.8) is 0 Å². The van der Waals surface area contributed by atoms with Gasteiger partial charge in [0.15, 0.2) is 5.03 Å². The molecule has 0 aliphatic rings.